The van der Waals surface area contributed by atoms with Crippen LogP contribution in [0.1, 0.15) is 11.1 Å². The number of benzene rings is 3. The Labute approximate surface area is 198 Å². The van der Waals surface area contributed by atoms with E-state index in [2.05, 4.69) is 0 Å². The minimum absolute atomic E-state index is 0.00679. The second-order valence-electron chi connectivity index (χ2n) is 7.84. The summed E-state index contributed by atoms with van der Waals surface area (Å²) in [4.78, 5) is 13.2. The van der Waals surface area contributed by atoms with Crippen LogP contribution in [-0.2, 0) is 16.4 Å². The van der Waals surface area contributed by atoms with Crippen molar-refractivity contribution >= 4 is 20.7 Å². The van der Waals surface area contributed by atoms with Crippen molar-refractivity contribution in [1.82, 2.24) is 4.57 Å². The second kappa shape index (κ2) is 9.23. The summed E-state index contributed by atoms with van der Waals surface area (Å²) in [6.45, 7) is 2.35. The van der Waals surface area contributed by atoms with E-state index in [4.69, 9.17) is 14.2 Å². The van der Waals surface area contributed by atoms with Gasteiger partial charge in [0.05, 0.1) is 37.1 Å². The summed E-state index contributed by atoms with van der Waals surface area (Å²) < 4.78 is 44.7. The van der Waals surface area contributed by atoms with Gasteiger partial charge in [-0.2, -0.15) is 0 Å². The van der Waals surface area contributed by atoms with Gasteiger partial charge >= 0.3 is 0 Å². The van der Waals surface area contributed by atoms with E-state index in [9.17, 15) is 13.2 Å². The molecule has 0 saturated heterocycles. The number of nitrogens with zero attached hydrogens (tertiary/aromatic N) is 1. The number of fused-ring (bicyclic) bond motifs is 1. The van der Waals surface area contributed by atoms with Gasteiger partial charge in [-0.3, -0.25) is 4.79 Å². The average molecular weight is 480 g/mol. The van der Waals surface area contributed by atoms with Gasteiger partial charge in [-0.05, 0) is 42.8 Å². The van der Waals surface area contributed by atoms with Gasteiger partial charge in [0.2, 0.25) is 15.3 Å². The number of sulfone groups is 1. The Morgan fingerprint density at radius 3 is 2.15 bits per heavy atom. The van der Waals surface area contributed by atoms with E-state index in [1.807, 2.05) is 31.2 Å². The van der Waals surface area contributed by atoms with Crippen LogP contribution in [0.3, 0.4) is 0 Å². The van der Waals surface area contributed by atoms with E-state index in [0.717, 1.165) is 11.1 Å². The van der Waals surface area contributed by atoms with Crippen molar-refractivity contribution in [3.8, 4) is 17.2 Å². The molecule has 0 aliphatic carbocycles. The van der Waals surface area contributed by atoms with E-state index in [1.54, 1.807) is 22.8 Å². The summed E-state index contributed by atoms with van der Waals surface area (Å²) >= 11 is 0. The maximum Gasteiger partial charge on any atom is 0.211 e. The van der Waals surface area contributed by atoms with E-state index < -0.39 is 15.3 Å². The Kier molecular flexibility index (Phi) is 6.34. The molecule has 4 aromatic rings. The van der Waals surface area contributed by atoms with Crippen LogP contribution in [0.2, 0.25) is 0 Å². The summed E-state index contributed by atoms with van der Waals surface area (Å²) in [5.74, 6) is 1.30. The molecule has 7 nitrogen and oxygen atoms in total. The highest BCUT2D eigenvalue weighted by molar-refractivity contribution is 7.91. The third-order valence-corrected chi connectivity index (χ3v) is 7.41. The minimum atomic E-state index is -4.11. The van der Waals surface area contributed by atoms with Crippen LogP contribution in [0, 0.1) is 6.92 Å². The molecule has 4 rings (SSSR count). The molecular formula is C26H25NO6S. The zero-order chi connectivity index (χ0) is 24.5. The predicted octanol–water partition coefficient (Wildman–Crippen LogP) is 4.22. The topological polar surface area (TPSA) is 83.8 Å². The maximum absolute atomic E-state index is 13.5. The van der Waals surface area contributed by atoms with Crippen molar-refractivity contribution in [2.45, 2.75) is 23.3 Å². The maximum atomic E-state index is 13.5. The second-order valence-corrected chi connectivity index (χ2v) is 9.76. The lowest BCUT2D eigenvalue weighted by molar-refractivity contribution is 0.355. The summed E-state index contributed by atoms with van der Waals surface area (Å²) in [6.07, 6.45) is 1.40. The standard InChI is InChI=1S/C26H25NO6S/c1-17-6-5-7-18(12-17)15-27-16-25(34(29,30)20-10-8-19(31-2)9-11-20)26(28)21-13-23(32-3)24(33-4)14-22(21)27/h5-14,16H,15H2,1-4H3. The summed E-state index contributed by atoms with van der Waals surface area (Å²) in [5.41, 5.74) is 1.98. The van der Waals surface area contributed by atoms with E-state index >= 15 is 0 Å². The molecular weight excluding hydrogens is 454 g/mol. The molecule has 8 heteroatoms. The number of aryl methyl sites for hydroxylation is 1. The van der Waals surface area contributed by atoms with Crippen LogP contribution >= 0.6 is 0 Å². The first-order chi connectivity index (χ1) is 16.3. The van der Waals surface area contributed by atoms with Gasteiger partial charge in [0.1, 0.15) is 10.6 Å². The first kappa shape index (κ1) is 23.4. The van der Waals surface area contributed by atoms with Crippen molar-refractivity contribution in [1.29, 1.82) is 0 Å². The molecule has 0 bridgehead atoms. The zero-order valence-corrected chi connectivity index (χ0v) is 20.2. The number of methoxy groups -OCH3 is 3. The molecule has 0 aliphatic heterocycles. The Hall–Kier alpha value is -3.78. The largest absolute Gasteiger partial charge is 0.497 e. The van der Waals surface area contributed by atoms with Crippen LogP contribution in [-0.4, -0.2) is 34.3 Å². The first-order valence-electron chi connectivity index (χ1n) is 10.5. The third-order valence-electron chi connectivity index (χ3n) is 5.65. The SMILES string of the molecule is COc1ccc(S(=O)(=O)c2cn(Cc3cccc(C)c3)c3cc(OC)c(OC)cc3c2=O)cc1. The highest BCUT2D eigenvalue weighted by atomic mass is 32.2. The molecule has 0 atom stereocenters. The van der Waals surface area contributed by atoms with Crippen molar-refractivity contribution < 1.29 is 22.6 Å². The van der Waals surface area contributed by atoms with Gasteiger partial charge in [0.25, 0.3) is 0 Å². The molecule has 0 fully saturated rings. The van der Waals surface area contributed by atoms with E-state index in [1.165, 1.54) is 45.7 Å². The Morgan fingerprint density at radius 2 is 1.53 bits per heavy atom. The molecule has 0 amide bonds. The average Bonchev–Trinajstić information content (AvgIpc) is 2.84. The van der Waals surface area contributed by atoms with Crippen molar-refractivity contribution in [2.24, 2.45) is 0 Å². The van der Waals surface area contributed by atoms with Gasteiger partial charge < -0.3 is 18.8 Å². The molecule has 34 heavy (non-hydrogen) atoms. The normalized spacial score (nSPS) is 11.4. The number of aromatic nitrogens is 1. The number of rotatable bonds is 7. The lowest BCUT2D eigenvalue weighted by Crippen LogP contribution is -2.20. The van der Waals surface area contributed by atoms with Crippen LogP contribution in [0.15, 0.2) is 81.4 Å². The fraction of sp³-hybridized carbons (Fsp3) is 0.192. The number of pyridine rings is 1. The molecule has 0 radical (unpaired) electrons. The predicted molar refractivity (Wildman–Crippen MR) is 130 cm³/mol. The lowest BCUT2D eigenvalue weighted by atomic mass is 10.1. The number of ether oxygens (including phenoxy) is 3. The van der Waals surface area contributed by atoms with Gasteiger partial charge in [-0.25, -0.2) is 8.42 Å². The monoisotopic (exact) mass is 479 g/mol. The van der Waals surface area contributed by atoms with Crippen molar-refractivity contribution in [3.63, 3.8) is 0 Å². The lowest BCUT2D eigenvalue weighted by Gasteiger charge is -2.17. The van der Waals surface area contributed by atoms with Crippen molar-refractivity contribution in [2.75, 3.05) is 21.3 Å². The molecule has 0 aliphatic rings. The highest BCUT2D eigenvalue weighted by Crippen LogP contribution is 2.32. The molecule has 1 aromatic heterocycles. The van der Waals surface area contributed by atoms with Crippen LogP contribution in [0.5, 0.6) is 17.2 Å². The van der Waals surface area contributed by atoms with Crippen LogP contribution in [0.25, 0.3) is 10.9 Å². The van der Waals surface area contributed by atoms with Gasteiger partial charge in [-0.15, -0.1) is 0 Å². The fourth-order valence-corrected chi connectivity index (χ4v) is 5.27. The van der Waals surface area contributed by atoms with Gasteiger partial charge in [0, 0.05) is 18.8 Å². The van der Waals surface area contributed by atoms with Crippen molar-refractivity contribution in [3.05, 3.63) is 88.2 Å². The smallest absolute Gasteiger partial charge is 0.211 e. The van der Waals surface area contributed by atoms with E-state index in [-0.39, 0.29) is 15.2 Å². The molecule has 3 aromatic carbocycles. The zero-order valence-electron chi connectivity index (χ0n) is 19.4. The highest BCUT2D eigenvalue weighted by Gasteiger charge is 2.25. The Morgan fingerprint density at radius 1 is 0.853 bits per heavy atom. The van der Waals surface area contributed by atoms with Gasteiger partial charge in [-0.1, -0.05) is 29.8 Å². The molecule has 0 unspecified atom stereocenters. The first-order valence-corrected chi connectivity index (χ1v) is 12.0. The summed E-state index contributed by atoms with van der Waals surface area (Å²) in [5, 5.41) is 0.222. The summed E-state index contributed by atoms with van der Waals surface area (Å²) in [7, 11) is 0.368. The molecule has 176 valence electrons. The van der Waals surface area contributed by atoms with Gasteiger partial charge in [0.15, 0.2) is 11.5 Å². The minimum Gasteiger partial charge on any atom is -0.497 e. The molecule has 1 heterocycles. The number of hydrogen-bond donors (Lipinski definition) is 0. The third kappa shape index (κ3) is 4.24. The van der Waals surface area contributed by atoms with E-state index in [0.29, 0.717) is 29.3 Å². The summed E-state index contributed by atoms with van der Waals surface area (Å²) in [6, 6.07) is 17.1. The Bertz CT molecular complexity index is 1520. The fourth-order valence-electron chi connectivity index (χ4n) is 3.90. The molecule has 0 spiro atoms. The van der Waals surface area contributed by atoms with Crippen LogP contribution in [0.4, 0.5) is 0 Å². The Balaban J connectivity index is 2.00. The van der Waals surface area contributed by atoms with Crippen LogP contribution < -0.4 is 19.6 Å². The molecule has 0 N–H and O–H groups in total. The quantitative estimate of drug-likeness (QED) is 0.395. The number of hydrogen-bond acceptors (Lipinski definition) is 6. The molecule has 0 saturated carbocycles.